The van der Waals surface area contributed by atoms with Gasteiger partial charge < -0.3 is 14.8 Å². The predicted molar refractivity (Wildman–Crippen MR) is 87.0 cm³/mol. The van der Waals surface area contributed by atoms with Gasteiger partial charge in [0.15, 0.2) is 11.5 Å². The minimum atomic E-state index is 0. The third-order valence-corrected chi connectivity index (χ3v) is 4.34. The van der Waals surface area contributed by atoms with Crippen molar-refractivity contribution in [2.45, 2.75) is 25.4 Å². The number of nitrogens with zero attached hydrogens (tertiary/aromatic N) is 1. The molecule has 6 heteroatoms. The molecule has 118 valence electrons. The fourth-order valence-corrected chi connectivity index (χ4v) is 3.18. The summed E-state index contributed by atoms with van der Waals surface area (Å²) in [5, 5.41) is 4.01. The van der Waals surface area contributed by atoms with Crippen molar-refractivity contribution in [1.29, 1.82) is 0 Å². The molecule has 0 unspecified atom stereocenters. The highest BCUT2D eigenvalue weighted by atomic mass is 35.5. The summed E-state index contributed by atoms with van der Waals surface area (Å²) in [6.07, 6.45) is 2.41. The molecule has 0 bridgehead atoms. The Morgan fingerprint density at radius 3 is 2.67 bits per heavy atom. The number of fused-ring (bicyclic) bond motifs is 1. The molecule has 0 aliphatic carbocycles. The first-order valence-electron chi connectivity index (χ1n) is 7.24. The van der Waals surface area contributed by atoms with Gasteiger partial charge in [-0.05, 0) is 50.7 Å². The molecule has 4 nitrogen and oxygen atoms in total. The average molecular weight is 333 g/mol. The molecule has 0 aromatic heterocycles. The van der Waals surface area contributed by atoms with E-state index < -0.39 is 0 Å². The molecule has 0 spiro atoms. The highest BCUT2D eigenvalue weighted by Gasteiger charge is 2.20. The lowest BCUT2D eigenvalue weighted by Crippen LogP contribution is -2.40. The molecule has 0 amide bonds. The Hall–Kier alpha value is -0.680. The third-order valence-electron chi connectivity index (χ3n) is 4.06. The molecular formula is C15H22Cl2N2O2. The van der Waals surface area contributed by atoms with Crippen LogP contribution >= 0.6 is 24.0 Å². The van der Waals surface area contributed by atoms with Crippen LogP contribution in [-0.2, 0) is 6.54 Å². The molecular weight excluding hydrogens is 311 g/mol. The van der Waals surface area contributed by atoms with Gasteiger partial charge in [-0.1, -0.05) is 11.6 Å². The van der Waals surface area contributed by atoms with E-state index in [2.05, 4.69) is 16.3 Å². The summed E-state index contributed by atoms with van der Waals surface area (Å²) in [4.78, 5) is 2.47. The average Bonchev–Trinajstić information content (AvgIpc) is 2.48. The van der Waals surface area contributed by atoms with Crippen LogP contribution < -0.4 is 14.8 Å². The van der Waals surface area contributed by atoms with E-state index in [1.54, 1.807) is 0 Å². The summed E-state index contributed by atoms with van der Waals surface area (Å²) in [5.74, 6) is 1.47. The van der Waals surface area contributed by atoms with Crippen molar-refractivity contribution < 1.29 is 9.47 Å². The maximum absolute atomic E-state index is 6.28. The standard InChI is InChI=1S/C15H21ClN2O2.ClH/c1-17-12-2-4-18(5-3-12)10-11-8-13(16)15-14(9-11)19-6-7-20-15;/h8-9,12,17H,2-7,10H2,1H3;1H. The lowest BCUT2D eigenvalue weighted by molar-refractivity contribution is 0.170. The Morgan fingerprint density at radius 1 is 1.24 bits per heavy atom. The fraction of sp³-hybridized carbons (Fsp3) is 0.600. The smallest absolute Gasteiger partial charge is 0.179 e. The van der Waals surface area contributed by atoms with Crippen molar-refractivity contribution in [2.24, 2.45) is 0 Å². The number of nitrogens with one attached hydrogen (secondary N) is 1. The molecule has 0 atom stereocenters. The van der Waals surface area contributed by atoms with Gasteiger partial charge in [-0.15, -0.1) is 12.4 Å². The molecule has 1 fully saturated rings. The van der Waals surface area contributed by atoms with Gasteiger partial charge in [-0.25, -0.2) is 0 Å². The minimum absolute atomic E-state index is 0. The fourth-order valence-electron chi connectivity index (χ4n) is 2.89. The topological polar surface area (TPSA) is 33.7 Å². The SMILES string of the molecule is CNC1CCN(Cc2cc(Cl)c3c(c2)OCCO3)CC1.Cl. The number of piperidine rings is 1. The van der Waals surface area contributed by atoms with Crippen LogP contribution in [0.2, 0.25) is 5.02 Å². The number of hydrogen-bond donors (Lipinski definition) is 1. The zero-order chi connectivity index (χ0) is 13.9. The summed E-state index contributed by atoms with van der Waals surface area (Å²) in [5.41, 5.74) is 1.20. The van der Waals surface area contributed by atoms with Crippen molar-refractivity contribution in [3.63, 3.8) is 0 Å². The summed E-state index contributed by atoms with van der Waals surface area (Å²) >= 11 is 6.28. The second kappa shape index (κ2) is 7.54. The minimum Gasteiger partial charge on any atom is -0.486 e. The van der Waals surface area contributed by atoms with Gasteiger partial charge in [0.1, 0.15) is 13.2 Å². The Bertz CT molecular complexity index is 477. The van der Waals surface area contributed by atoms with Gasteiger partial charge in [-0.2, -0.15) is 0 Å². The van der Waals surface area contributed by atoms with Crippen LogP contribution in [0.4, 0.5) is 0 Å². The largest absolute Gasteiger partial charge is 0.486 e. The Labute approximate surface area is 137 Å². The molecule has 0 saturated carbocycles. The van der Waals surface area contributed by atoms with Gasteiger partial charge >= 0.3 is 0 Å². The van der Waals surface area contributed by atoms with Gasteiger partial charge in [0, 0.05) is 12.6 Å². The normalized spacial score (nSPS) is 19.1. The number of ether oxygens (including phenoxy) is 2. The Balaban J connectivity index is 0.00000161. The molecule has 1 aromatic carbocycles. The van der Waals surface area contributed by atoms with E-state index in [4.69, 9.17) is 21.1 Å². The number of halogens is 2. The molecule has 1 aromatic rings. The second-order valence-corrected chi connectivity index (χ2v) is 5.85. The van der Waals surface area contributed by atoms with Crippen LogP contribution in [0.25, 0.3) is 0 Å². The van der Waals surface area contributed by atoms with E-state index in [0.717, 1.165) is 25.4 Å². The van der Waals surface area contributed by atoms with Gasteiger partial charge in [-0.3, -0.25) is 4.90 Å². The summed E-state index contributed by atoms with van der Waals surface area (Å²) < 4.78 is 11.2. The number of rotatable bonds is 3. The molecule has 3 rings (SSSR count). The molecule has 21 heavy (non-hydrogen) atoms. The Morgan fingerprint density at radius 2 is 1.95 bits per heavy atom. The van der Waals surface area contributed by atoms with Crippen molar-refractivity contribution in [2.75, 3.05) is 33.4 Å². The van der Waals surface area contributed by atoms with Crippen molar-refractivity contribution in [1.82, 2.24) is 10.2 Å². The zero-order valence-corrected chi connectivity index (χ0v) is 13.8. The predicted octanol–water partition coefficient (Wildman–Crippen LogP) is 2.72. The zero-order valence-electron chi connectivity index (χ0n) is 12.2. The highest BCUT2D eigenvalue weighted by Crippen LogP contribution is 2.38. The van der Waals surface area contributed by atoms with Crippen molar-refractivity contribution in [3.8, 4) is 11.5 Å². The second-order valence-electron chi connectivity index (χ2n) is 5.44. The monoisotopic (exact) mass is 332 g/mol. The van der Waals surface area contributed by atoms with Crippen LogP contribution in [-0.4, -0.2) is 44.3 Å². The quantitative estimate of drug-likeness (QED) is 0.922. The van der Waals surface area contributed by atoms with E-state index in [-0.39, 0.29) is 12.4 Å². The van der Waals surface area contributed by atoms with E-state index in [1.165, 1.54) is 18.4 Å². The third kappa shape index (κ3) is 3.95. The van der Waals surface area contributed by atoms with E-state index in [1.807, 2.05) is 13.1 Å². The maximum Gasteiger partial charge on any atom is 0.179 e. The van der Waals surface area contributed by atoms with Gasteiger partial charge in [0.25, 0.3) is 0 Å². The first kappa shape index (κ1) is 16.7. The van der Waals surface area contributed by atoms with Crippen LogP contribution in [0.15, 0.2) is 12.1 Å². The first-order valence-corrected chi connectivity index (χ1v) is 7.61. The van der Waals surface area contributed by atoms with Crippen LogP contribution in [0.1, 0.15) is 18.4 Å². The van der Waals surface area contributed by atoms with Crippen LogP contribution in [0, 0.1) is 0 Å². The maximum atomic E-state index is 6.28. The van der Waals surface area contributed by atoms with Gasteiger partial charge in [0.2, 0.25) is 0 Å². The first-order chi connectivity index (χ1) is 9.76. The molecule has 1 N–H and O–H groups in total. The molecule has 2 aliphatic rings. The Kier molecular flexibility index (Phi) is 5.99. The van der Waals surface area contributed by atoms with Crippen molar-refractivity contribution in [3.05, 3.63) is 22.7 Å². The summed E-state index contributed by atoms with van der Waals surface area (Å²) in [6, 6.07) is 4.72. The van der Waals surface area contributed by atoms with E-state index in [9.17, 15) is 0 Å². The summed E-state index contributed by atoms with van der Waals surface area (Å²) in [7, 11) is 2.04. The van der Waals surface area contributed by atoms with E-state index >= 15 is 0 Å². The van der Waals surface area contributed by atoms with E-state index in [0.29, 0.717) is 30.0 Å². The molecule has 2 aliphatic heterocycles. The molecule has 0 radical (unpaired) electrons. The number of benzene rings is 1. The lowest BCUT2D eigenvalue weighted by Gasteiger charge is -2.32. The number of hydrogen-bond acceptors (Lipinski definition) is 4. The lowest BCUT2D eigenvalue weighted by atomic mass is 10.0. The molecule has 1 saturated heterocycles. The van der Waals surface area contributed by atoms with Crippen LogP contribution in [0.3, 0.4) is 0 Å². The summed E-state index contributed by atoms with van der Waals surface area (Å²) in [6.45, 7) is 4.34. The van der Waals surface area contributed by atoms with Crippen LogP contribution in [0.5, 0.6) is 11.5 Å². The molecule has 2 heterocycles. The number of likely N-dealkylation sites (tertiary alicyclic amines) is 1. The van der Waals surface area contributed by atoms with Gasteiger partial charge in [0.05, 0.1) is 5.02 Å². The highest BCUT2D eigenvalue weighted by molar-refractivity contribution is 6.32. The van der Waals surface area contributed by atoms with Crippen molar-refractivity contribution >= 4 is 24.0 Å².